The molecule has 1 spiro atoms. The number of urea groups is 2. The summed E-state index contributed by atoms with van der Waals surface area (Å²) in [6.07, 6.45) is 1.86. The second kappa shape index (κ2) is 7.08. The fourth-order valence-electron chi connectivity index (χ4n) is 3.28. The molecule has 0 aromatic rings. The second-order valence-electron chi connectivity index (χ2n) is 6.43. The molecule has 4 N–H and O–H groups in total. The number of nitrogens with two attached hydrogens (primary N) is 1. The Hall–Kier alpha value is -2.65. The van der Waals surface area contributed by atoms with Gasteiger partial charge >= 0.3 is 18.0 Å². The molecule has 3 atom stereocenters. The summed E-state index contributed by atoms with van der Waals surface area (Å²) in [5.74, 6) is -2.30. The third-order valence-electron chi connectivity index (χ3n) is 4.71. The zero-order valence-electron chi connectivity index (χ0n) is 14.2. The molecule has 10 heteroatoms. The summed E-state index contributed by atoms with van der Waals surface area (Å²) < 4.78 is 4.84. The van der Waals surface area contributed by atoms with E-state index < -0.39 is 48.0 Å². The molecule has 0 bridgehead atoms. The molecule has 2 aliphatic rings. The number of carbonyl (C=O) groups is 5. The van der Waals surface area contributed by atoms with Crippen molar-refractivity contribution in [3.8, 4) is 0 Å². The van der Waals surface area contributed by atoms with Gasteiger partial charge in [0.25, 0.3) is 11.8 Å². The number of imide groups is 2. The molecule has 1 aliphatic heterocycles. The van der Waals surface area contributed by atoms with E-state index in [9.17, 15) is 24.0 Å². The van der Waals surface area contributed by atoms with E-state index >= 15 is 0 Å². The maximum absolute atomic E-state index is 12.7. The van der Waals surface area contributed by atoms with Crippen LogP contribution in [-0.2, 0) is 19.1 Å². The van der Waals surface area contributed by atoms with Crippen molar-refractivity contribution in [3.05, 3.63) is 0 Å². The molecule has 10 nitrogen and oxygen atoms in total. The molecule has 2 fully saturated rings. The van der Waals surface area contributed by atoms with Crippen molar-refractivity contribution in [2.45, 2.75) is 51.2 Å². The molecule has 6 amide bonds. The zero-order chi connectivity index (χ0) is 18.8. The van der Waals surface area contributed by atoms with Crippen molar-refractivity contribution < 1.29 is 28.7 Å². The third-order valence-corrected chi connectivity index (χ3v) is 4.71. The van der Waals surface area contributed by atoms with Gasteiger partial charge in [0, 0.05) is 0 Å². The summed E-state index contributed by atoms with van der Waals surface area (Å²) in [7, 11) is 0. The average Bonchev–Trinajstić information content (AvgIpc) is 2.75. The van der Waals surface area contributed by atoms with E-state index in [1.165, 1.54) is 6.92 Å². The van der Waals surface area contributed by atoms with E-state index in [4.69, 9.17) is 10.5 Å². The minimum Gasteiger partial charge on any atom is -0.451 e. The maximum atomic E-state index is 12.7. The molecule has 2 rings (SSSR count). The molecular weight excluding hydrogens is 332 g/mol. The van der Waals surface area contributed by atoms with E-state index in [1.807, 2.05) is 6.92 Å². The summed E-state index contributed by atoms with van der Waals surface area (Å²) in [5, 5.41) is 4.49. The smallest absolute Gasteiger partial charge is 0.327 e. The number of primary amides is 1. The molecule has 25 heavy (non-hydrogen) atoms. The van der Waals surface area contributed by atoms with Gasteiger partial charge in [0.05, 0.1) is 0 Å². The van der Waals surface area contributed by atoms with Gasteiger partial charge in [-0.25, -0.2) is 9.59 Å². The second-order valence-corrected chi connectivity index (χ2v) is 6.43. The standard InChI is InChI=1S/C15H22N4O6/c1-8-5-3-4-6-15(8)12(22)19(14(24)18-15)7-10(20)25-9(2)11(21)17-13(16)23/h8-9H,3-7H2,1-2H3,(H,18,24)(H3,16,17,21,23)/t8-,9-,15-/m0/s1. The maximum Gasteiger partial charge on any atom is 0.327 e. The Morgan fingerprint density at radius 2 is 2.08 bits per heavy atom. The van der Waals surface area contributed by atoms with Gasteiger partial charge in [0.1, 0.15) is 12.1 Å². The van der Waals surface area contributed by atoms with Crippen molar-refractivity contribution in [2.75, 3.05) is 6.54 Å². The molecular formula is C15H22N4O6. The van der Waals surface area contributed by atoms with Crippen molar-refractivity contribution in [2.24, 2.45) is 11.7 Å². The molecule has 0 aromatic heterocycles. The normalized spacial score (nSPS) is 27.0. The summed E-state index contributed by atoms with van der Waals surface area (Å²) in [4.78, 5) is 59.7. The largest absolute Gasteiger partial charge is 0.451 e. The summed E-state index contributed by atoms with van der Waals surface area (Å²) in [5.41, 5.74) is 3.84. The summed E-state index contributed by atoms with van der Waals surface area (Å²) >= 11 is 0. The van der Waals surface area contributed by atoms with Gasteiger partial charge in [-0.3, -0.25) is 24.6 Å². The number of esters is 1. The minimum absolute atomic E-state index is 0.0287. The van der Waals surface area contributed by atoms with Crippen molar-refractivity contribution in [1.29, 1.82) is 0 Å². The van der Waals surface area contributed by atoms with Gasteiger partial charge in [-0.2, -0.15) is 0 Å². The van der Waals surface area contributed by atoms with Gasteiger partial charge < -0.3 is 15.8 Å². The number of nitrogens with zero attached hydrogens (tertiary/aromatic N) is 1. The van der Waals surface area contributed by atoms with Gasteiger partial charge in [-0.1, -0.05) is 19.8 Å². The minimum atomic E-state index is -1.29. The highest BCUT2D eigenvalue weighted by Crippen LogP contribution is 2.38. The Kier molecular flexibility index (Phi) is 5.29. The van der Waals surface area contributed by atoms with Gasteiger partial charge in [0.2, 0.25) is 0 Å². The van der Waals surface area contributed by atoms with Crippen LogP contribution < -0.4 is 16.4 Å². The monoisotopic (exact) mass is 354 g/mol. The van der Waals surface area contributed by atoms with Gasteiger partial charge in [-0.05, 0) is 25.7 Å². The predicted octanol–water partition coefficient (Wildman–Crippen LogP) is -0.386. The van der Waals surface area contributed by atoms with Crippen molar-refractivity contribution in [3.63, 3.8) is 0 Å². The highest BCUT2D eigenvalue weighted by molar-refractivity contribution is 6.09. The Labute approximate surface area is 144 Å². The number of nitrogens with one attached hydrogen (secondary N) is 2. The van der Waals surface area contributed by atoms with Crippen molar-refractivity contribution >= 4 is 29.8 Å². The van der Waals surface area contributed by atoms with E-state index in [1.54, 1.807) is 5.32 Å². The number of carbonyl (C=O) groups excluding carboxylic acids is 5. The lowest BCUT2D eigenvalue weighted by Crippen LogP contribution is -2.54. The highest BCUT2D eigenvalue weighted by atomic mass is 16.5. The van der Waals surface area contributed by atoms with Crippen LogP contribution in [-0.4, -0.2) is 52.9 Å². The number of amides is 6. The molecule has 0 radical (unpaired) electrons. The Balaban J connectivity index is 1.99. The van der Waals surface area contributed by atoms with Crippen LogP contribution in [0.3, 0.4) is 0 Å². The first-order valence-corrected chi connectivity index (χ1v) is 8.11. The highest BCUT2D eigenvalue weighted by Gasteiger charge is 2.55. The number of ether oxygens (including phenoxy) is 1. The van der Waals surface area contributed by atoms with Crippen molar-refractivity contribution in [1.82, 2.24) is 15.5 Å². The Bertz CT molecular complexity index is 621. The third kappa shape index (κ3) is 3.72. The van der Waals surface area contributed by atoms with Crippen LogP contribution in [0.2, 0.25) is 0 Å². The molecule has 1 saturated heterocycles. The first kappa shape index (κ1) is 18.7. The van der Waals surface area contributed by atoms with E-state index in [0.29, 0.717) is 6.42 Å². The molecule has 1 saturated carbocycles. The van der Waals surface area contributed by atoms with Crippen LogP contribution in [0, 0.1) is 5.92 Å². The number of hydrogen-bond donors (Lipinski definition) is 3. The zero-order valence-corrected chi connectivity index (χ0v) is 14.2. The fraction of sp³-hybridized carbons (Fsp3) is 0.667. The van der Waals surface area contributed by atoms with Gasteiger partial charge in [0.15, 0.2) is 6.10 Å². The molecule has 138 valence electrons. The SMILES string of the molecule is C[C@H](OC(=O)CN1C(=O)N[C@]2(CCCC[C@@H]2C)C1=O)C(=O)NC(N)=O. The predicted molar refractivity (Wildman–Crippen MR) is 83.9 cm³/mol. The summed E-state index contributed by atoms with van der Waals surface area (Å²) in [6.45, 7) is 2.54. The molecule has 1 heterocycles. The van der Waals surface area contributed by atoms with Crippen LogP contribution in [0.4, 0.5) is 9.59 Å². The summed E-state index contributed by atoms with van der Waals surface area (Å²) in [6, 6.07) is -1.72. The van der Waals surface area contributed by atoms with Gasteiger partial charge in [-0.15, -0.1) is 0 Å². The van der Waals surface area contributed by atoms with E-state index in [0.717, 1.165) is 24.2 Å². The Morgan fingerprint density at radius 1 is 1.40 bits per heavy atom. The quantitative estimate of drug-likeness (QED) is 0.463. The van der Waals surface area contributed by atoms with E-state index in [2.05, 4.69) is 5.32 Å². The molecule has 0 aromatic carbocycles. The molecule has 1 aliphatic carbocycles. The lowest BCUT2D eigenvalue weighted by atomic mass is 9.73. The molecule has 0 unspecified atom stereocenters. The lowest BCUT2D eigenvalue weighted by molar-refractivity contribution is -0.156. The first-order valence-electron chi connectivity index (χ1n) is 8.11. The topological polar surface area (TPSA) is 148 Å². The number of hydrogen-bond acceptors (Lipinski definition) is 6. The lowest BCUT2D eigenvalue weighted by Gasteiger charge is -2.36. The van der Waals surface area contributed by atoms with Crippen LogP contribution in [0.15, 0.2) is 0 Å². The number of rotatable bonds is 4. The fourth-order valence-corrected chi connectivity index (χ4v) is 3.28. The van der Waals surface area contributed by atoms with Crippen LogP contribution in [0.5, 0.6) is 0 Å². The van der Waals surface area contributed by atoms with Crippen LogP contribution in [0.25, 0.3) is 0 Å². The first-order chi connectivity index (χ1) is 11.7. The average molecular weight is 354 g/mol. The van der Waals surface area contributed by atoms with Crippen LogP contribution in [0.1, 0.15) is 39.5 Å². The Morgan fingerprint density at radius 3 is 2.68 bits per heavy atom. The van der Waals surface area contributed by atoms with Crippen LogP contribution >= 0.6 is 0 Å². The van der Waals surface area contributed by atoms with E-state index in [-0.39, 0.29) is 5.92 Å².